The first-order valence-corrected chi connectivity index (χ1v) is 7.18. The maximum Gasteiger partial charge on any atom is 0.316 e. The number of hydrogen-bond donors (Lipinski definition) is 2. The third-order valence-electron chi connectivity index (χ3n) is 4.26. The molecule has 0 aliphatic heterocycles. The van der Waals surface area contributed by atoms with Gasteiger partial charge in [-0.1, -0.05) is 0 Å². The average Bonchev–Trinajstić information content (AvgIpc) is 3.04. The largest absolute Gasteiger partial charge is 0.481 e. The van der Waals surface area contributed by atoms with Crippen LogP contribution in [0.15, 0.2) is 30.9 Å². The van der Waals surface area contributed by atoms with E-state index in [0.717, 1.165) is 19.0 Å². The molecule has 1 fully saturated rings. The second kappa shape index (κ2) is 5.49. The zero-order valence-electron chi connectivity index (χ0n) is 11.9. The summed E-state index contributed by atoms with van der Waals surface area (Å²) in [6.07, 6.45) is 6.46. The maximum atomic E-state index is 12.9. The first-order chi connectivity index (χ1) is 10.6. The summed E-state index contributed by atoms with van der Waals surface area (Å²) in [7, 11) is 0. The quantitative estimate of drug-likeness (QED) is 0.843. The summed E-state index contributed by atoms with van der Waals surface area (Å²) in [4.78, 5) is 19.9. The van der Waals surface area contributed by atoms with Gasteiger partial charge in [-0.2, -0.15) is 0 Å². The molecule has 1 aliphatic rings. The highest BCUT2D eigenvalue weighted by Crippen LogP contribution is 2.56. The summed E-state index contributed by atoms with van der Waals surface area (Å²) < 4.78 is 14.5. The van der Waals surface area contributed by atoms with E-state index in [4.69, 9.17) is 5.73 Å². The van der Waals surface area contributed by atoms with Crippen molar-refractivity contribution in [3.05, 3.63) is 42.4 Å². The van der Waals surface area contributed by atoms with E-state index in [-0.39, 0.29) is 5.92 Å². The lowest BCUT2D eigenvalue weighted by Gasteiger charge is -2.09. The highest BCUT2D eigenvalue weighted by molar-refractivity contribution is 5.85. The van der Waals surface area contributed by atoms with Crippen LogP contribution in [0.1, 0.15) is 25.0 Å². The normalized spacial score (nSPS) is 23.5. The Morgan fingerprint density at radius 2 is 2.32 bits per heavy atom. The molecule has 2 aromatic rings. The molecule has 3 rings (SSSR count). The molecule has 7 heteroatoms. The molecule has 1 aliphatic carbocycles. The Labute approximate surface area is 126 Å². The van der Waals surface area contributed by atoms with Crippen LogP contribution in [0.5, 0.6) is 0 Å². The number of halogens is 1. The third-order valence-corrected chi connectivity index (χ3v) is 4.26. The zero-order valence-corrected chi connectivity index (χ0v) is 11.9. The predicted octanol–water partition coefficient (Wildman–Crippen LogP) is 1.49. The molecule has 22 heavy (non-hydrogen) atoms. The molecule has 2 unspecified atom stereocenters. The molecule has 2 atom stereocenters. The number of carboxylic acids is 1. The van der Waals surface area contributed by atoms with Crippen LogP contribution in [0.25, 0.3) is 5.82 Å². The van der Waals surface area contributed by atoms with Gasteiger partial charge in [0.1, 0.15) is 23.4 Å². The smallest absolute Gasteiger partial charge is 0.316 e. The summed E-state index contributed by atoms with van der Waals surface area (Å²) in [5.41, 5.74) is 5.10. The molecule has 2 heterocycles. The first-order valence-electron chi connectivity index (χ1n) is 7.18. The van der Waals surface area contributed by atoms with E-state index in [9.17, 15) is 14.3 Å². The van der Waals surface area contributed by atoms with Crippen molar-refractivity contribution in [2.24, 2.45) is 11.7 Å². The molecule has 116 valence electrons. The van der Waals surface area contributed by atoms with E-state index >= 15 is 0 Å². The monoisotopic (exact) mass is 304 g/mol. The van der Waals surface area contributed by atoms with Gasteiger partial charge in [0, 0.05) is 6.20 Å². The lowest BCUT2D eigenvalue weighted by molar-refractivity contribution is -0.140. The Balaban J connectivity index is 1.86. The fraction of sp³-hybridized carbons (Fsp3) is 0.400. The van der Waals surface area contributed by atoms with E-state index in [0.29, 0.717) is 24.5 Å². The Morgan fingerprint density at radius 3 is 2.95 bits per heavy atom. The van der Waals surface area contributed by atoms with Gasteiger partial charge >= 0.3 is 5.97 Å². The Kier molecular flexibility index (Phi) is 3.66. The Hall–Kier alpha value is -2.28. The van der Waals surface area contributed by atoms with E-state index in [1.54, 1.807) is 10.8 Å². The van der Waals surface area contributed by atoms with Gasteiger partial charge in [0.2, 0.25) is 0 Å². The van der Waals surface area contributed by atoms with Crippen LogP contribution in [-0.2, 0) is 10.2 Å². The van der Waals surface area contributed by atoms with Gasteiger partial charge in [-0.05, 0) is 43.9 Å². The minimum absolute atomic E-state index is 0.0677. The van der Waals surface area contributed by atoms with Crippen LogP contribution in [0.3, 0.4) is 0 Å². The van der Waals surface area contributed by atoms with Crippen LogP contribution in [0, 0.1) is 11.7 Å². The summed E-state index contributed by atoms with van der Waals surface area (Å²) in [5, 5.41) is 9.60. The van der Waals surface area contributed by atoms with E-state index in [1.807, 2.05) is 0 Å². The third kappa shape index (κ3) is 2.37. The molecule has 1 saturated carbocycles. The summed E-state index contributed by atoms with van der Waals surface area (Å²) >= 11 is 0. The summed E-state index contributed by atoms with van der Waals surface area (Å²) in [5.74, 6) is -0.708. The first kappa shape index (κ1) is 14.6. The number of aliphatic carboxylic acids is 1. The molecule has 0 amide bonds. The van der Waals surface area contributed by atoms with Gasteiger partial charge in [0.05, 0.1) is 11.9 Å². The number of imidazole rings is 1. The fourth-order valence-electron chi connectivity index (χ4n) is 2.93. The van der Waals surface area contributed by atoms with Crippen LogP contribution < -0.4 is 5.73 Å². The second-order valence-electron chi connectivity index (χ2n) is 5.61. The molecule has 0 spiro atoms. The molecular weight excluding hydrogens is 287 g/mol. The minimum atomic E-state index is -0.916. The summed E-state index contributed by atoms with van der Waals surface area (Å²) in [6, 6.07) is 2.82. The maximum absolute atomic E-state index is 12.9. The molecule has 6 nitrogen and oxygen atoms in total. The van der Waals surface area contributed by atoms with E-state index in [2.05, 4.69) is 9.97 Å². The van der Waals surface area contributed by atoms with Crippen molar-refractivity contribution in [2.45, 2.75) is 24.7 Å². The molecule has 0 radical (unpaired) electrons. The number of rotatable bonds is 6. The molecule has 2 aromatic heterocycles. The van der Waals surface area contributed by atoms with Crippen molar-refractivity contribution in [1.82, 2.24) is 14.5 Å². The Bertz CT molecular complexity index is 685. The number of hydrogen-bond acceptors (Lipinski definition) is 4. The van der Waals surface area contributed by atoms with Crippen molar-refractivity contribution in [2.75, 3.05) is 6.54 Å². The van der Waals surface area contributed by atoms with Crippen molar-refractivity contribution in [3.8, 4) is 5.82 Å². The molecular formula is C15H17FN4O2. The molecule has 0 aromatic carbocycles. The Morgan fingerprint density at radius 1 is 1.50 bits per heavy atom. The van der Waals surface area contributed by atoms with Gasteiger partial charge in [-0.3, -0.25) is 9.36 Å². The minimum Gasteiger partial charge on any atom is -0.481 e. The number of aromatic nitrogens is 3. The SMILES string of the molecule is NCCCC1CC1(C(=O)O)c1cn(-c2ccc(F)cn2)cn1. The lowest BCUT2D eigenvalue weighted by Crippen LogP contribution is -2.23. The number of nitrogens with zero attached hydrogens (tertiary/aromatic N) is 3. The number of nitrogens with two attached hydrogens (primary N) is 1. The van der Waals surface area contributed by atoms with Crippen LogP contribution in [-0.4, -0.2) is 32.2 Å². The van der Waals surface area contributed by atoms with Crippen molar-refractivity contribution >= 4 is 5.97 Å². The number of carbonyl (C=O) groups is 1. The van der Waals surface area contributed by atoms with Gasteiger partial charge < -0.3 is 10.8 Å². The van der Waals surface area contributed by atoms with Crippen LogP contribution in [0.2, 0.25) is 0 Å². The van der Waals surface area contributed by atoms with E-state index in [1.165, 1.54) is 18.5 Å². The van der Waals surface area contributed by atoms with Gasteiger partial charge in [-0.15, -0.1) is 0 Å². The van der Waals surface area contributed by atoms with Crippen molar-refractivity contribution in [1.29, 1.82) is 0 Å². The highest BCUT2D eigenvalue weighted by Gasteiger charge is 2.62. The van der Waals surface area contributed by atoms with E-state index < -0.39 is 17.2 Å². The fourth-order valence-corrected chi connectivity index (χ4v) is 2.93. The number of carboxylic acid groups (broad SMARTS) is 1. The second-order valence-corrected chi connectivity index (χ2v) is 5.61. The van der Waals surface area contributed by atoms with Gasteiger partial charge in [0.15, 0.2) is 0 Å². The lowest BCUT2D eigenvalue weighted by atomic mass is 9.98. The highest BCUT2D eigenvalue weighted by atomic mass is 19.1. The standard InChI is InChI=1S/C15H17FN4O2/c16-11-3-4-13(18-7-11)20-8-12(19-9-20)15(14(21)22)6-10(15)2-1-5-17/h3-4,7-10H,1-2,5-6,17H2,(H,21,22). The summed E-state index contributed by atoms with van der Waals surface area (Å²) in [6.45, 7) is 0.556. The molecule has 3 N–H and O–H groups in total. The average molecular weight is 304 g/mol. The van der Waals surface area contributed by atoms with Crippen LogP contribution in [0.4, 0.5) is 4.39 Å². The van der Waals surface area contributed by atoms with Gasteiger partial charge in [0.25, 0.3) is 0 Å². The van der Waals surface area contributed by atoms with Crippen molar-refractivity contribution in [3.63, 3.8) is 0 Å². The molecule has 0 saturated heterocycles. The van der Waals surface area contributed by atoms with Gasteiger partial charge in [-0.25, -0.2) is 14.4 Å². The topological polar surface area (TPSA) is 94.0 Å². The predicted molar refractivity (Wildman–Crippen MR) is 77.0 cm³/mol. The number of pyridine rings is 1. The zero-order chi connectivity index (χ0) is 15.7. The van der Waals surface area contributed by atoms with Crippen molar-refractivity contribution < 1.29 is 14.3 Å². The van der Waals surface area contributed by atoms with Crippen LogP contribution >= 0.6 is 0 Å². The molecule has 0 bridgehead atoms.